The highest BCUT2D eigenvalue weighted by Crippen LogP contribution is 2.23. The van der Waals surface area contributed by atoms with Gasteiger partial charge in [0.25, 0.3) is 0 Å². The van der Waals surface area contributed by atoms with Crippen LogP contribution in [-0.2, 0) is 0 Å². The number of benzene rings is 1. The number of aromatic nitrogens is 1. The number of aryl methyl sites for hydroxylation is 2. The van der Waals surface area contributed by atoms with E-state index in [1.165, 1.54) is 12.8 Å². The molecule has 2 aromatic rings. The standard InChI is InChI=1S/C18H25N3O2/c1-4-5-6-7-11-19-18(22)21-16-10-8-9-15(12-16)17-20-13(2)14(3)23-17/h8-10,12H,4-7,11H2,1-3H3,(H2,19,21,22). The fourth-order valence-corrected chi connectivity index (χ4v) is 2.26. The van der Waals surface area contributed by atoms with Crippen LogP contribution in [0.2, 0.25) is 0 Å². The normalized spacial score (nSPS) is 10.6. The van der Waals surface area contributed by atoms with Crippen molar-refractivity contribution in [1.82, 2.24) is 10.3 Å². The first-order chi connectivity index (χ1) is 11.1. The summed E-state index contributed by atoms with van der Waals surface area (Å²) in [6.45, 7) is 6.67. The van der Waals surface area contributed by atoms with Crippen molar-refractivity contribution in [1.29, 1.82) is 0 Å². The number of anilines is 1. The molecule has 0 aliphatic carbocycles. The number of unbranched alkanes of at least 4 members (excludes halogenated alkanes) is 3. The van der Waals surface area contributed by atoms with Crippen LogP contribution >= 0.6 is 0 Å². The largest absolute Gasteiger partial charge is 0.441 e. The number of carbonyl (C=O) groups excluding carboxylic acids is 1. The summed E-state index contributed by atoms with van der Waals surface area (Å²) in [7, 11) is 0. The van der Waals surface area contributed by atoms with Crippen LogP contribution in [0.5, 0.6) is 0 Å². The van der Waals surface area contributed by atoms with E-state index < -0.39 is 0 Å². The number of oxazole rings is 1. The lowest BCUT2D eigenvalue weighted by molar-refractivity contribution is 0.252. The van der Waals surface area contributed by atoms with Crippen molar-refractivity contribution in [2.75, 3.05) is 11.9 Å². The van der Waals surface area contributed by atoms with Gasteiger partial charge in [0.05, 0.1) is 5.69 Å². The van der Waals surface area contributed by atoms with Crippen LogP contribution in [0.3, 0.4) is 0 Å². The molecule has 2 amide bonds. The average Bonchev–Trinajstić information content (AvgIpc) is 2.87. The van der Waals surface area contributed by atoms with Gasteiger partial charge in [0, 0.05) is 17.8 Å². The van der Waals surface area contributed by atoms with Crippen molar-refractivity contribution < 1.29 is 9.21 Å². The van der Waals surface area contributed by atoms with E-state index in [9.17, 15) is 4.79 Å². The van der Waals surface area contributed by atoms with Gasteiger partial charge in [-0.3, -0.25) is 0 Å². The summed E-state index contributed by atoms with van der Waals surface area (Å²) in [5, 5.41) is 5.72. The van der Waals surface area contributed by atoms with Gasteiger partial charge >= 0.3 is 6.03 Å². The predicted octanol–water partition coefficient (Wildman–Crippen LogP) is 4.66. The Balaban J connectivity index is 1.91. The molecule has 0 aliphatic heterocycles. The van der Waals surface area contributed by atoms with Crippen LogP contribution < -0.4 is 10.6 Å². The van der Waals surface area contributed by atoms with Crippen molar-refractivity contribution >= 4 is 11.7 Å². The van der Waals surface area contributed by atoms with Crippen LogP contribution in [0, 0.1) is 13.8 Å². The minimum atomic E-state index is -0.182. The van der Waals surface area contributed by atoms with E-state index in [0.29, 0.717) is 12.4 Å². The molecule has 124 valence electrons. The number of nitrogens with one attached hydrogen (secondary N) is 2. The molecule has 5 heteroatoms. The number of nitrogens with zero attached hydrogens (tertiary/aromatic N) is 1. The molecule has 2 N–H and O–H groups in total. The maximum Gasteiger partial charge on any atom is 0.319 e. The molecule has 1 aromatic carbocycles. The zero-order chi connectivity index (χ0) is 16.7. The number of hydrogen-bond donors (Lipinski definition) is 2. The third-order valence-corrected chi connectivity index (χ3v) is 3.71. The van der Waals surface area contributed by atoms with Gasteiger partial charge in [-0.1, -0.05) is 32.3 Å². The maximum atomic E-state index is 11.9. The van der Waals surface area contributed by atoms with Gasteiger partial charge < -0.3 is 15.1 Å². The molecule has 0 atom stereocenters. The highest BCUT2D eigenvalue weighted by molar-refractivity contribution is 5.89. The zero-order valence-electron chi connectivity index (χ0n) is 14.1. The summed E-state index contributed by atoms with van der Waals surface area (Å²) < 4.78 is 5.62. The summed E-state index contributed by atoms with van der Waals surface area (Å²) in [5.41, 5.74) is 2.45. The minimum absolute atomic E-state index is 0.182. The second-order valence-electron chi connectivity index (χ2n) is 5.68. The van der Waals surface area contributed by atoms with E-state index >= 15 is 0 Å². The van der Waals surface area contributed by atoms with Crippen molar-refractivity contribution in [3.63, 3.8) is 0 Å². The molecule has 0 saturated carbocycles. The molecule has 5 nitrogen and oxygen atoms in total. The van der Waals surface area contributed by atoms with Gasteiger partial charge in [0.2, 0.25) is 5.89 Å². The molecule has 0 unspecified atom stereocenters. The second-order valence-corrected chi connectivity index (χ2v) is 5.68. The van der Waals surface area contributed by atoms with Crippen LogP contribution in [0.25, 0.3) is 11.5 Å². The summed E-state index contributed by atoms with van der Waals surface area (Å²) in [6, 6.07) is 7.32. The van der Waals surface area contributed by atoms with Crippen LogP contribution in [-0.4, -0.2) is 17.6 Å². The third kappa shape index (κ3) is 5.13. The molecule has 0 aliphatic rings. The van der Waals surface area contributed by atoms with Gasteiger partial charge in [0.1, 0.15) is 5.76 Å². The van der Waals surface area contributed by atoms with Gasteiger partial charge in [-0.25, -0.2) is 9.78 Å². The van der Waals surface area contributed by atoms with Gasteiger partial charge in [0.15, 0.2) is 0 Å². The molecule has 0 spiro atoms. The van der Waals surface area contributed by atoms with Crippen molar-refractivity contribution in [2.45, 2.75) is 46.5 Å². The lowest BCUT2D eigenvalue weighted by Gasteiger charge is -2.08. The number of amides is 2. The smallest absolute Gasteiger partial charge is 0.319 e. The van der Waals surface area contributed by atoms with Crippen molar-refractivity contribution in [2.24, 2.45) is 0 Å². The van der Waals surface area contributed by atoms with Gasteiger partial charge in [-0.2, -0.15) is 0 Å². The monoisotopic (exact) mass is 315 g/mol. The number of rotatable bonds is 7. The minimum Gasteiger partial charge on any atom is -0.441 e. The average molecular weight is 315 g/mol. The number of hydrogen-bond acceptors (Lipinski definition) is 3. The van der Waals surface area contributed by atoms with E-state index in [1.54, 1.807) is 0 Å². The first-order valence-corrected chi connectivity index (χ1v) is 8.19. The fraction of sp³-hybridized carbons (Fsp3) is 0.444. The van der Waals surface area contributed by atoms with E-state index in [0.717, 1.165) is 35.5 Å². The SMILES string of the molecule is CCCCCCNC(=O)Nc1cccc(-c2nc(C)c(C)o2)c1. The second kappa shape index (κ2) is 8.36. The molecule has 23 heavy (non-hydrogen) atoms. The Labute approximate surface area is 137 Å². The Morgan fingerprint density at radius 3 is 2.74 bits per heavy atom. The number of urea groups is 1. The Morgan fingerprint density at radius 2 is 2.04 bits per heavy atom. The molecule has 0 radical (unpaired) electrons. The summed E-state index contributed by atoms with van der Waals surface area (Å²) in [4.78, 5) is 16.3. The van der Waals surface area contributed by atoms with E-state index in [1.807, 2.05) is 38.1 Å². The quantitative estimate of drug-likeness (QED) is 0.730. The van der Waals surface area contributed by atoms with Gasteiger partial charge in [-0.05, 0) is 38.5 Å². The predicted molar refractivity (Wildman–Crippen MR) is 92.6 cm³/mol. The third-order valence-electron chi connectivity index (χ3n) is 3.71. The molecule has 0 saturated heterocycles. The van der Waals surface area contributed by atoms with Crippen molar-refractivity contribution in [3.8, 4) is 11.5 Å². The molecule has 0 fully saturated rings. The summed E-state index contributed by atoms with van der Waals surface area (Å²) in [5.74, 6) is 1.38. The Kier molecular flexibility index (Phi) is 6.20. The highest BCUT2D eigenvalue weighted by atomic mass is 16.4. The molecular weight excluding hydrogens is 290 g/mol. The lowest BCUT2D eigenvalue weighted by Crippen LogP contribution is -2.29. The van der Waals surface area contributed by atoms with E-state index in [-0.39, 0.29) is 6.03 Å². The number of carbonyl (C=O) groups is 1. The van der Waals surface area contributed by atoms with Crippen LogP contribution in [0.15, 0.2) is 28.7 Å². The first-order valence-electron chi connectivity index (χ1n) is 8.19. The maximum absolute atomic E-state index is 11.9. The Morgan fingerprint density at radius 1 is 1.22 bits per heavy atom. The van der Waals surface area contributed by atoms with Crippen molar-refractivity contribution in [3.05, 3.63) is 35.7 Å². The first kappa shape index (κ1) is 17.1. The van der Waals surface area contributed by atoms with Crippen LogP contribution in [0.1, 0.15) is 44.1 Å². The topological polar surface area (TPSA) is 67.2 Å². The zero-order valence-corrected chi connectivity index (χ0v) is 14.1. The van der Waals surface area contributed by atoms with E-state index in [2.05, 4.69) is 22.5 Å². The van der Waals surface area contributed by atoms with E-state index in [4.69, 9.17) is 4.42 Å². The molecule has 2 rings (SSSR count). The lowest BCUT2D eigenvalue weighted by atomic mass is 10.2. The summed E-state index contributed by atoms with van der Waals surface area (Å²) >= 11 is 0. The van der Waals surface area contributed by atoms with Gasteiger partial charge in [-0.15, -0.1) is 0 Å². The molecule has 1 heterocycles. The molecular formula is C18H25N3O2. The highest BCUT2D eigenvalue weighted by Gasteiger charge is 2.09. The Bertz CT molecular complexity index is 630. The molecule has 1 aromatic heterocycles. The fourth-order valence-electron chi connectivity index (χ4n) is 2.26. The molecule has 0 bridgehead atoms. The summed E-state index contributed by atoms with van der Waals surface area (Å²) in [6.07, 6.45) is 4.56. The van der Waals surface area contributed by atoms with Crippen LogP contribution in [0.4, 0.5) is 10.5 Å². The Hall–Kier alpha value is -2.30.